The minimum Gasteiger partial charge on any atom is -1.00 e. The summed E-state index contributed by atoms with van der Waals surface area (Å²) in [6.07, 6.45) is 21.8. The molecule has 0 spiro atoms. The molecule has 0 heterocycles. The van der Waals surface area contributed by atoms with E-state index in [0.717, 1.165) is 34.6 Å². The van der Waals surface area contributed by atoms with E-state index in [1.807, 2.05) is 24.4 Å². The third kappa shape index (κ3) is 16.5. The third-order valence-corrected chi connectivity index (χ3v) is 6.60. The van der Waals surface area contributed by atoms with Crippen molar-refractivity contribution in [2.24, 2.45) is 4.99 Å². The Labute approximate surface area is 221 Å². The van der Waals surface area contributed by atoms with Crippen molar-refractivity contribution in [1.29, 1.82) is 0 Å². The summed E-state index contributed by atoms with van der Waals surface area (Å²) in [5.41, 5.74) is 1.05. The van der Waals surface area contributed by atoms with Crippen LogP contribution < -0.4 is 26.5 Å². The van der Waals surface area contributed by atoms with Crippen molar-refractivity contribution in [3.05, 3.63) is 23.8 Å². The van der Waals surface area contributed by atoms with E-state index in [2.05, 4.69) is 26.0 Å². The van der Waals surface area contributed by atoms with Crippen molar-refractivity contribution in [2.75, 3.05) is 47.9 Å². The van der Waals surface area contributed by atoms with Gasteiger partial charge in [-0.3, -0.25) is 4.99 Å². The third-order valence-electron chi connectivity index (χ3n) is 6.60. The predicted octanol–water partition coefficient (Wildman–Crippen LogP) is 4.68. The first-order valence-corrected chi connectivity index (χ1v) is 13.6. The first kappa shape index (κ1) is 32.9. The second-order valence-corrected chi connectivity index (χ2v) is 10.1. The van der Waals surface area contributed by atoms with E-state index in [0.29, 0.717) is 0 Å². The molecule has 1 aromatic rings. The molecular weight excluding hydrogens is 488 g/mol. The van der Waals surface area contributed by atoms with Gasteiger partial charge in [-0.1, -0.05) is 84.0 Å². The van der Waals surface area contributed by atoms with Crippen LogP contribution in [0.25, 0.3) is 0 Å². The van der Waals surface area contributed by atoms with Crippen molar-refractivity contribution in [3.8, 4) is 11.5 Å². The number of benzene rings is 1. The topological polar surface area (TPSA) is 30.8 Å². The Kier molecular flexibility index (Phi) is 20.6. The average molecular weight is 542 g/mol. The normalized spacial score (nSPS) is 11.6. The number of ether oxygens (including phenoxy) is 2. The largest absolute Gasteiger partial charge is 1.00 e. The highest BCUT2D eigenvalue weighted by Gasteiger charge is 2.13. The van der Waals surface area contributed by atoms with Crippen LogP contribution in [0.15, 0.2) is 23.2 Å². The van der Waals surface area contributed by atoms with Crippen molar-refractivity contribution in [2.45, 2.75) is 96.8 Å². The fourth-order valence-corrected chi connectivity index (χ4v) is 4.28. The number of nitrogens with zero attached hydrogens (tertiary/aromatic N) is 2. The molecule has 0 aliphatic carbocycles. The molecule has 0 aliphatic heterocycles. The van der Waals surface area contributed by atoms with Gasteiger partial charge in [0.1, 0.15) is 0 Å². The van der Waals surface area contributed by atoms with Crippen LogP contribution >= 0.6 is 0 Å². The maximum Gasteiger partial charge on any atom is 0.161 e. The smallest absolute Gasteiger partial charge is 0.161 e. The molecule has 0 amide bonds. The molecule has 0 bridgehead atoms. The Hall–Kier alpha value is -1.07. The molecular formula is C29H53BrN2O2. The quantitative estimate of drug-likeness (QED) is 0.129. The zero-order chi connectivity index (χ0) is 24.2. The van der Waals surface area contributed by atoms with Gasteiger partial charge < -0.3 is 30.9 Å². The van der Waals surface area contributed by atoms with Gasteiger partial charge in [0.25, 0.3) is 0 Å². The van der Waals surface area contributed by atoms with Crippen molar-refractivity contribution in [1.82, 2.24) is 0 Å². The number of rotatable bonds is 21. The molecule has 0 atom stereocenters. The highest BCUT2D eigenvalue weighted by molar-refractivity contribution is 5.80. The standard InChI is InChI=1S/C29H53N2O2.BrH/c1-6-7-8-9-10-11-12-13-14-15-16-17-18-19-23-31(2,3)24-22-30-26-27-20-21-28(32-4)29(25-27)33-5;/h20-21,25-26H,6-19,22-24H2,1-5H3;1H/q+1;/p-1. The molecule has 4 nitrogen and oxygen atoms in total. The van der Waals surface area contributed by atoms with E-state index in [4.69, 9.17) is 9.47 Å². The zero-order valence-electron chi connectivity index (χ0n) is 22.9. The highest BCUT2D eigenvalue weighted by Crippen LogP contribution is 2.26. The summed E-state index contributed by atoms with van der Waals surface area (Å²) in [4.78, 5) is 4.64. The fourth-order valence-electron chi connectivity index (χ4n) is 4.28. The summed E-state index contributed by atoms with van der Waals surface area (Å²) in [6, 6.07) is 5.91. The molecule has 0 aliphatic rings. The highest BCUT2D eigenvalue weighted by atomic mass is 79.9. The summed E-state index contributed by atoms with van der Waals surface area (Å²) in [7, 11) is 7.97. The number of quaternary nitrogens is 1. The average Bonchev–Trinajstić information content (AvgIpc) is 2.81. The van der Waals surface area contributed by atoms with E-state index >= 15 is 0 Å². The summed E-state index contributed by atoms with van der Waals surface area (Å²) in [5, 5.41) is 0. The van der Waals surface area contributed by atoms with Gasteiger partial charge in [-0.2, -0.15) is 0 Å². The van der Waals surface area contributed by atoms with Gasteiger partial charge in [0.2, 0.25) is 0 Å². The molecule has 1 rings (SSSR count). The van der Waals surface area contributed by atoms with Crippen molar-refractivity contribution >= 4 is 6.21 Å². The zero-order valence-corrected chi connectivity index (χ0v) is 24.5. The van der Waals surface area contributed by atoms with Crippen LogP contribution in [-0.2, 0) is 0 Å². The molecule has 34 heavy (non-hydrogen) atoms. The number of hydrogen-bond donors (Lipinski definition) is 0. The second-order valence-electron chi connectivity index (χ2n) is 10.1. The Bertz CT molecular complexity index is 635. The molecule has 0 N–H and O–H groups in total. The van der Waals surface area contributed by atoms with Crippen LogP contribution in [0.3, 0.4) is 0 Å². The van der Waals surface area contributed by atoms with Crippen LogP contribution in [0.2, 0.25) is 0 Å². The van der Waals surface area contributed by atoms with Crippen LogP contribution in [0.5, 0.6) is 11.5 Å². The van der Waals surface area contributed by atoms with Crippen LogP contribution in [0.1, 0.15) is 102 Å². The lowest BCUT2D eigenvalue weighted by molar-refractivity contribution is -0.889. The summed E-state index contributed by atoms with van der Waals surface area (Å²) < 4.78 is 11.7. The molecule has 0 radical (unpaired) electrons. The molecule has 0 saturated heterocycles. The number of halogens is 1. The first-order valence-electron chi connectivity index (χ1n) is 13.6. The van der Waals surface area contributed by atoms with Crippen LogP contribution in [0.4, 0.5) is 0 Å². The molecule has 0 fully saturated rings. The summed E-state index contributed by atoms with van der Waals surface area (Å²) >= 11 is 0. The molecule has 0 unspecified atom stereocenters. The van der Waals surface area contributed by atoms with Gasteiger partial charge in [0.15, 0.2) is 11.5 Å². The van der Waals surface area contributed by atoms with Crippen LogP contribution in [0, 0.1) is 0 Å². The Morgan fingerprint density at radius 1 is 0.706 bits per heavy atom. The number of hydrogen-bond acceptors (Lipinski definition) is 3. The molecule has 0 saturated carbocycles. The lowest BCUT2D eigenvalue weighted by atomic mass is 10.0. The van der Waals surface area contributed by atoms with E-state index in [9.17, 15) is 0 Å². The monoisotopic (exact) mass is 540 g/mol. The van der Waals surface area contributed by atoms with Gasteiger partial charge in [0, 0.05) is 6.21 Å². The number of aliphatic imine (C=N–C) groups is 1. The van der Waals surface area contributed by atoms with Gasteiger partial charge in [-0.25, -0.2) is 0 Å². The van der Waals surface area contributed by atoms with Gasteiger partial charge in [-0.15, -0.1) is 0 Å². The lowest BCUT2D eigenvalue weighted by Gasteiger charge is -2.29. The number of methoxy groups -OCH3 is 2. The van der Waals surface area contributed by atoms with Crippen LogP contribution in [-0.4, -0.2) is 58.6 Å². The summed E-state index contributed by atoms with van der Waals surface area (Å²) in [6.45, 7) is 5.45. The molecule has 5 heteroatoms. The maximum absolute atomic E-state index is 5.36. The lowest BCUT2D eigenvalue weighted by Crippen LogP contribution is -3.00. The SMILES string of the molecule is CCCCCCCCCCCCCCCC[N+](C)(C)CCN=Cc1ccc(OC)c(OC)c1.[Br-]. The molecule has 198 valence electrons. The predicted molar refractivity (Wildman–Crippen MR) is 144 cm³/mol. The number of unbranched alkanes of at least 4 members (excludes halogenated alkanes) is 13. The van der Waals surface area contributed by atoms with E-state index < -0.39 is 0 Å². The minimum absolute atomic E-state index is 0. The summed E-state index contributed by atoms with van der Waals surface area (Å²) in [5.74, 6) is 1.50. The van der Waals surface area contributed by atoms with Crippen molar-refractivity contribution in [3.63, 3.8) is 0 Å². The van der Waals surface area contributed by atoms with Gasteiger partial charge in [0.05, 0.1) is 47.9 Å². The number of likely N-dealkylation sites (N-methyl/N-ethyl adjacent to an activating group) is 1. The second kappa shape index (κ2) is 21.2. The van der Waals surface area contributed by atoms with Crippen molar-refractivity contribution < 1.29 is 30.9 Å². The first-order chi connectivity index (χ1) is 16.0. The molecule has 0 aromatic heterocycles. The van der Waals surface area contributed by atoms with E-state index in [-0.39, 0.29) is 17.0 Å². The van der Waals surface area contributed by atoms with E-state index in [1.165, 1.54) is 96.4 Å². The Morgan fingerprint density at radius 3 is 1.71 bits per heavy atom. The Morgan fingerprint density at radius 2 is 1.21 bits per heavy atom. The molecule has 1 aromatic carbocycles. The minimum atomic E-state index is 0. The van der Waals surface area contributed by atoms with E-state index in [1.54, 1.807) is 14.2 Å². The maximum atomic E-state index is 5.36. The van der Waals surface area contributed by atoms with Gasteiger partial charge in [-0.05, 0) is 36.6 Å². The fraction of sp³-hybridized carbons (Fsp3) is 0.759. The van der Waals surface area contributed by atoms with Gasteiger partial charge >= 0.3 is 0 Å². The Balaban J connectivity index is 0.0000109.